The van der Waals surface area contributed by atoms with Crippen molar-refractivity contribution in [2.24, 2.45) is 0 Å². The first-order chi connectivity index (χ1) is 15.6. The number of aromatic nitrogens is 3. The summed E-state index contributed by atoms with van der Waals surface area (Å²) in [6.07, 6.45) is 3.02. The lowest BCUT2D eigenvalue weighted by Crippen LogP contribution is -2.25. The minimum Gasteiger partial charge on any atom is -0.497 e. The van der Waals surface area contributed by atoms with Gasteiger partial charge in [-0.25, -0.2) is 9.97 Å². The standard InChI is InChI=1S/C24H27N5O3/c1-4-5-8-13-26-24(30)20-21-23(28-17-10-7-6-9-16(17)27-21)29(22(20)25)18-14-15(31-2)11-12-19(18)32-3/h6-7,9-12,14H,4-5,8,13,25H2,1-3H3,(H,26,30). The van der Waals surface area contributed by atoms with Gasteiger partial charge in [-0.3, -0.25) is 9.36 Å². The molecule has 2 aromatic carbocycles. The second-order valence-corrected chi connectivity index (χ2v) is 7.48. The van der Waals surface area contributed by atoms with Gasteiger partial charge in [-0.05, 0) is 30.7 Å². The first-order valence-corrected chi connectivity index (χ1v) is 10.7. The number of methoxy groups -OCH3 is 2. The Morgan fingerprint density at radius 3 is 2.50 bits per heavy atom. The molecule has 0 fully saturated rings. The maximum Gasteiger partial charge on any atom is 0.257 e. The fourth-order valence-electron chi connectivity index (χ4n) is 3.77. The van der Waals surface area contributed by atoms with E-state index in [1.807, 2.05) is 24.3 Å². The second kappa shape index (κ2) is 9.13. The third kappa shape index (κ3) is 3.79. The molecule has 0 bridgehead atoms. The molecule has 8 nitrogen and oxygen atoms in total. The number of hydrogen-bond acceptors (Lipinski definition) is 6. The molecule has 0 aliphatic carbocycles. The SMILES string of the molecule is CCCCCNC(=O)c1c(N)n(-c2cc(OC)ccc2OC)c2nc3ccccc3nc12. The number of carbonyl (C=O) groups excluding carboxylic acids is 1. The molecular weight excluding hydrogens is 406 g/mol. The quantitative estimate of drug-likeness (QED) is 0.406. The number of nitrogens with two attached hydrogens (primary N) is 1. The van der Waals surface area contributed by atoms with Crippen molar-refractivity contribution in [3.05, 3.63) is 48.0 Å². The lowest BCUT2D eigenvalue weighted by molar-refractivity contribution is 0.0955. The minimum atomic E-state index is -0.270. The fourth-order valence-corrected chi connectivity index (χ4v) is 3.77. The molecule has 32 heavy (non-hydrogen) atoms. The maximum absolute atomic E-state index is 13.2. The van der Waals surface area contributed by atoms with E-state index in [1.165, 1.54) is 0 Å². The Labute approximate surface area is 186 Å². The Bertz CT molecular complexity index is 1280. The number of nitrogens with zero attached hydrogens (tertiary/aromatic N) is 3. The largest absolute Gasteiger partial charge is 0.497 e. The van der Waals surface area contributed by atoms with Crippen LogP contribution in [0, 0.1) is 0 Å². The van der Waals surface area contributed by atoms with Crippen molar-refractivity contribution >= 4 is 33.9 Å². The molecule has 0 aliphatic rings. The molecule has 1 amide bonds. The van der Waals surface area contributed by atoms with Crippen molar-refractivity contribution in [3.63, 3.8) is 0 Å². The Balaban J connectivity index is 1.96. The van der Waals surface area contributed by atoms with Gasteiger partial charge >= 0.3 is 0 Å². The summed E-state index contributed by atoms with van der Waals surface area (Å²) in [6, 6.07) is 12.9. The van der Waals surface area contributed by atoms with Gasteiger partial charge < -0.3 is 20.5 Å². The van der Waals surface area contributed by atoms with Gasteiger partial charge in [-0.1, -0.05) is 31.9 Å². The molecule has 0 saturated heterocycles. The van der Waals surface area contributed by atoms with Gasteiger partial charge in [-0.2, -0.15) is 0 Å². The zero-order valence-corrected chi connectivity index (χ0v) is 18.5. The summed E-state index contributed by atoms with van der Waals surface area (Å²) in [5.74, 6) is 1.17. The summed E-state index contributed by atoms with van der Waals surface area (Å²) >= 11 is 0. The van der Waals surface area contributed by atoms with Gasteiger partial charge in [-0.15, -0.1) is 0 Å². The van der Waals surface area contributed by atoms with Crippen molar-refractivity contribution in [2.75, 3.05) is 26.5 Å². The number of carbonyl (C=O) groups is 1. The average molecular weight is 434 g/mol. The maximum atomic E-state index is 13.2. The normalized spacial score (nSPS) is 11.1. The summed E-state index contributed by atoms with van der Waals surface area (Å²) in [5, 5.41) is 2.97. The van der Waals surface area contributed by atoms with E-state index < -0.39 is 0 Å². The number of ether oxygens (including phenoxy) is 2. The van der Waals surface area contributed by atoms with Crippen LogP contribution in [0.5, 0.6) is 11.5 Å². The first-order valence-electron chi connectivity index (χ1n) is 10.7. The van der Waals surface area contributed by atoms with Gasteiger partial charge in [0.1, 0.15) is 28.4 Å². The monoisotopic (exact) mass is 433 g/mol. The van der Waals surface area contributed by atoms with Crippen molar-refractivity contribution < 1.29 is 14.3 Å². The molecule has 0 radical (unpaired) electrons. The topological polar surface area (TPSA) is 104 Å². The molecular formula is C24H27N5O3. The predicted molar refractivity (Wildman–Crippen MR) is 126 cm³/mol. The number of para-hydroxylation sites is 2. The summed E-state index contributed by atoms with van der Waals surface area (Å²) in [4.78, 5) is 22.7. The van der Waals surface area contributed by atoms with Crippen molar-refractivity contribution in [1.82, 2.24) is 19.9 Å². The summed E-state index contributed by atoms with van der Waals surface area (Å²) < 4.78 is 12.7. The van der Waals surface area contributed by atoms with Crippen LogP contribution in [-0.2, 0) is 0 Å². The Morgan fingerprint density at radius 2 is 1.81 bits per heavy atom. The summed E-state index contributed by atoms with van der Waals surface area (Å²) in [6.45, 7) is 2.69. The highest BCUT2D eigenvalue weighted by Gasteiger charge is 2.26. The number of nitrogen functional groups attached to an aromatic ring is 1. The molecule has 0 aliphatic heterocycles. The molecule has 8 heteroatoms. The van der Waals surface area contributed by atoms with E-state index in [1.54, 1.807) is 37.0 Å². The molecule has 2 heterocycles. The Morgan fingerprint density at radius 1 is 1.06 bits per heavy atom. The van der Waals surface area contributed by atoms with Gasteiger partial charge in [0.2, 0.25) is 0 Å². The number of unbranched alkanes of at least 4 members (excludes halogenated alkanes) is 2. The zero-order chi connectivity index (χ0) is 22.7. The van der Waals surface area contributed by atoms with Crippen LogP contribution in [-0.4, -0.2) is 41.2 Å². The number of hydrogen-bond donors (Lipinski definition) is 2. The smallest absolute Gasteiger partial charge is 0.257 e. The molecule has 0 saturated carbocycles. The number of anilines is 1. The van der Waals surface area contributed by atoms with Crippen LogP contribution in [0.4, 0.5) is 5.82 Å². The highest BCUT2D eigenvalue weighted by molar-refractivity contribution is 6.11. The summed E-state index contributed by atoms with van der Waals surface area (Å²) in [7, 11) is 3.17. The van der Waals surface area contributed by atoms with Gasteiger partial charge in [0.15, 0.2) is 5.65 Å². The number of nitrogens with one attached hydrogen (secondary N) is 1. The highest BCUT2D eigenvalue weighted by Crippen LogP contribution is 2.36. The van der Waals surface area contributed by atoms with E-state index in [0.29, 0.717) is 51.5 Å². The average Bonchev–Trinajstić information content (AvgIpc) is 3.10. The number of fused-ring (bicyclic) bond motifs is 2. The number of amides is 1. The molecule has 0 atom stereocenters. The molecule has 0 spiro atoms. The summed E-state index contributed by atoms with van der Waals surface area (Å²) in [5.41, 5.74) is 9.82. The van der Waals surface area contributed by atoms with E-state index in [9.17, 15) is 4.79 Å². The van der Waals surface area contributed by atoms with Crippen molar-refractivity contribution in [2.45, 2.75) is 26.2 Å². The van der Waals surface area contributed by atoms with Crippen LogP contribution in [0.2, 0.25) is 0 Å². The molecule has 4 aromatic rings. The zero-order valence-electron chi connectivity index (χ0n) is 18.5. The Kier molecular flexibility index (Phi) is 6.11. The molecule has 4 rings (SSSR count). The number of rotatable bonds is 8. The van der Waals surface area contributed by atoms with E-state index in [-0.39, 0.29) is 11.7 Å². The fraction of sp³-hybridized carbons (Fsp3) is 0.292. The van der Waals surface area contributed by atoms with Gasteiger partial charge in [0.05, 0.1) is 30.9 Å². The lowest BCUT2D eigenvalue weighted by atomic mass is 10.2. The third-order valence-corrected chi connectivity index (χ3v) is 5.42. The third-order valence-electron chi connectivity index (χ3n) is 5.42. The molecule has 3 N–H and O–H groups in total. The Hall–Kier alpha value is -3.81. The molecule has 0 unspecified atom stereocenters. The van der Waals surface area contributed by atoms with Crippen LogP contribution in [0.25, 0.3) is 27.9 Å². The molecule has 2 aromatic heterocycles. The van der Waals surface area contributed by atoms with Crippen LogP contribution in [0.1, 0.15) is 36.5 Å². The number of benzene rings is 2. The van der Waals surface area contributed by atoms with E-state index in [4.69, 9.17) is 25.2 Å². The van der Waals surface area contributed by atoms with Crippen LogP contribution in [0.3, 0.4) is 0 Å². The van der Waals surface area contributed by atoms with Gasteiger partial charge in [0, 0.05) is 12.6 Å². The van der Waals surface area contributed by atoms with Crippen LogP contribution in [0.15, 0.2) is 42.5 Å². The van der Waals surface area contributed by atoms with E-state index >= 15 is 0 Å². The van der Waals surface area contributed by atoms with E-state index in [2.05, 4.69) is 12.2 Å². The minimum absolute atomic E-state index is 0.245. The predicted octanol–water partition coefficient (Wildman–Crippen LogP) is 4.09. The van der Waals surface area contributed by atoms with Crippen molar-refractivity contribution in [1.29, 1.82) is 0 Å². The second-order valence-electron chi connectivity index (χ2n) is 7.48. The lowest BCUT2D eigenvalue weighted by Gasteiger charge is -2.14. The first kappa shape index (κ1) is 21.4. The van der Waals surface area contributed by atoms with Crippen LogP contribution >= 0.6 is 0 Å². The highest BCUT2D eigenvalue weighted by atomic mass is 16.5. The van der Waals surface area contributed by atoms with Gasteiger partial charge in [0.25, 0.3) is 5.91 Å². The van der Waals surface area contributed by atoms with Crippen molar-refractivity contribution in [3.8, 4) is 17.2 Å². The van der Waals surface area contributed by atoms with E-state index in [0.717, 1.165) is 19.3 Å². The van der Waals surface area contributed by atoms with Crippen LogP contribution < -0.4 is 20.5 Å². The molecule has 166 valence electrons.